The maximum atomic E-state index is 13.6. The van der Waals surface area contributed by atoms with Crippen molar-refractivity contribution in [1.29, 1.82) is 0 Å². The highest BCUT2D eigenvalue weighted by molar-refractivity contribution is 7.13. The molecule has 6 heteroatoms. The fraction of sp³-hybridized carbons (Fsp3) is 0.400. The molecule has 1 aromatic carbocycles. The number of benzene rings is 1. The number of nitrogens with zero attached hydrogens (tertiary/aromatic N) is 2. The molecular formula is C15H20FN3OS. The average molecular weight is 309 g/mol. The van der Waals surface area contributed by atoms with E-state index in [4.69, 9.17) is 4.74 Å². The van der Waals surface area contributed by atoms with Crippen molar-refractivity contribution in [2.24, 2.45) is 0 Å². The predicted molar refractivity (Wildman–Crippen MR) is 84.2 cm³/mol. The van der Waals surface area contributed by atoms with Crippen LogP contribution in [0.5, 0.6) is 0 Å². The summed E-state index contributed by atoms with van der Waals surface area (Å²) in [6.07, 6.45) is 0. The maximum absolute atomic E-state index is 13.6. The van der Waals surface area contributed by atoms with E-state index in [2.05, 4.69) is 10.3 Å². The van der Waals surface area contributed by atoms with Crippen LogP contribution in [0.3, 0.4) is 0 Å². The van der Waals surface area contributed by atoms with Gasteiger partial charge in [0.15, 0.2) is 5.13 Å². The molecule has 0 atom stereocenters. The molecule has 0 amide bonds. The topological polar surface area (TPSA) is 37.4 Å². The number of hydrogen-bond acceptors (Lipinski definition) is 5. The van der Waals surface area contributed by atoms with Crippen LogP contribution in [0.15, 0.2) is 29.6 Å². The lowest BCUT2D eigenvalue weighted by Gasteiger charge is -2.16. The van der Waals surface area contributed by atoms with Crippen molar-refractivity contribution in [3.8, 4) is 0 Å². The summed E-state index contributed by atoms with van der Waals surface area (Å²) in [6.45, 7) is 2.71. The molecule has 0 spiro atoms. The van der Waals surface area contributed by atoms with Gasteiger partial charge in [0.25, 0.3) is 0 Å². The van der Waals surface area contributed by atoms with Gasteiger partial charge < -0.3 is 15.0 Å². The van der Waals surface area contributed by atoms with Gasteiger partial charge in [-0.15, -0.1) is 11.3 Å². The summed E-state index contributed by atoms with van der Waals surface area (Å²) in [5.74, 6) is -0.178. The first kappa shape index (κ1) is 15.9. The molecule has 0 unspecified atom stereocenters. The molecular weight excluding hydrogens is 289 g/mol. The maximum Gasteiger partial charge on any atom is 0.185 e. The lowest BCUT2D eigenvalue weighted by molar-refractivity contribution is 0.199. The largest absolute Gasteiger partial charge is 0.383 e. The second-order valence-electron chi connectivity index (χ2n) is 4.74. The Morgan fingerprint density at radius 1 is 1.38 bits per heavy atom. The van der Waals surface area contributed by atoms with E-state index in [1.807, 2.05) is 23.4 Å². The van der Waals surface area contributed by atoms with E-state index in [9.17, 15) is 4.39 Å². The Bertz CT molecular complexity index is 561. The third-order valence-electron chi connectivity index (χ3n) is 3.02. The molecule has 2 aromatic rings. The quantitative estimate of drug-likeness (QED) is 0.761. The molecule has 21 heavy (non-hydrogen) atoms. The standard InChI is InChI=1S/C15H20FN3OS/c1-19(10-12-5-3-4-6-14(12)16)15-18-13(11-21-15)9-17-7-8-20-2/h3-6,11,17H,7-10H2,1-2H3. The number of aromatic nitrogens is 1. The van der Waals surface area contributed by atoms with E-state index in [1.165, 1.54) is 6.07 Å². The smallest absolute Gasteiger partial charge is 0.185 e. The van der Waals surface area contributed by atoms with Crippen molar-refractivity contribution in [3.05, 3.63) is 46.7 Å². The first-order valence-corrected chi connectivity index (χ1v) is 7.67. The van der Waals surface area contributed by atoms with Crippen LogP contribution >= 0.6 is 11.3 Å². The van der Waals surface area contributed by atoms with Crippen molar-refractivity contribution in [1.82, 2.24) is 10.3 Å². The van der Waals surface area contributed by atoms with Gasteiger partial charge in [0.1, 0.15) is 5.82 Å². The van der Waals surface area contributed by atoms with Crippen molar-refractivity contribution in [2.45, 2.75) is 13.1 Å². The average Bonchev–Trinajstić information content (AvgIpc) is 2.95. The highest BCUT2D eigenvalue weighted by atomic mass is 32.1. The van der Waals surface area contributed by atoms with Crippen LogP contribution in [0.4, 0.5) is 9.52 Å². The SMILES string of the molecule is COCCNCc1csc(N(C)Cc2ccccc2F)n1. The van der Waals surface area contributed by atoms with Crippen molar-refractivity contribution in [2.75, 3.05) is 32.2 Å². The zero-order chi connectivity index (χ0) is 15.1. The summed E-state index contributed by atoms with van der Waals surface area (Å²) in [6, 6.07) is 6.83. The van der Waals surface area contributed by atoms with Crippen molar-refractivity contribution >= 4 is 16.5 Å². The molecule has 0 saturated carbocycles. The Hall–Kier alpha value is -1.50. The highest BCUT2D eigenvalue weighted by Gasteiger charge is 2.09. The first-order valence-electron chi connectivity index (χ1n) is 6.79. The van der Waals surface area contributed by atoms with Crippen LogP contribution < -0.4 is 10.2 Å². The Morgan fingerprint density at radius 2 is 2.19 bits per heavy atom. The number of anilines is 1. The van der Waals surface area contributed by atoms with E-state index < -0.39 is 0 Å². The number of halogens is 1. The van der Waals surface area contributed by atoms with E-state index in [1.54, 1.807) is 30.6 Å². The summed E-state index contributed by atoms with van der Waals surface area (Å²) in [5, 5.41) is 6.17. The molecule has 0 aliphatic carbocycles. The number of rotatable bonds is 8. The summed E-state index contributed by atoms with van der Waals surface area (Å²) >= 11 is 1.57. The Balaban J connectivity index is 1.90. The number of nitrogens with one attached hydrogen (secondary N) is 1. The molecule has 114 valence electrons. The zero-order valence-electron chi connectivity index (χ0n) is 12.3. The van der Waals surface area contributed by atoms with Gasteiger partial charge in [0.05, 0.1) is 12.3 Å². The minimum Gasteiger partial charge on any atom is -0.383 e. The summed E-state index contributed by atoms with van der Waals surface area (Å²) < 4.78 is 18.6. The zero-order valence-corrected chi connectivity index (χ0v) is 13.1. The second-order valence-corrected chi connectivity index (χ2v) is 5.58. The number of methoxy groups -OCH3 is 1. The van der Waals surface area contributed by atoms with Crippen molar-refractivity contribution in [3.63, 3.8) is 0 Å². The summed E-state index contributed by atoms with van der Waals surface area (Å²) in [7, 11) is 3.60. The molecule has 1 N–H and O–H groups in total. The summed E-state index contributed by atoms with van der Waals surface area (Å²) in [5.41, 5.74) is 1.67. The predicted octanol–water partition coefficient (Wildman–Crippen LogP) is 2.65. The fourth-order valence-electron chi connectivity index (χ4n) is 1.89. The molecule has 0 aliphatic rings. The van der Waals surface area contributed by atoms with Crippen molar-refractivity contribution < 1.29 is 9.13 Å². The van der Waals surface area contributed by atoms with Gasteiger partial charge in [-0.05, 0) is 6.07 Å². The van der Waals surface area contributed by atoms with Crippen LogP contribution in [0.2, 0.25) is 0 Å². The highest BCUT2D eigenvalue weighted by Crippen LogP contribution is 2.21. The molecule has 1 heterocycles. The number of thiazole rings is 1. The lowest BCUT2D eigenvalue weighted by Crippen LogP contribution is -2.19. The Kier molecular flexibility index (Phi) is 6.10. The molecule has 0 radical (unpaired) electrons. The third-order valence-corrected chi connectivity index (χ3v) is 4.02. The Labute approximate surface area is 128 Å². The summed E-state index contributed by atoms with van der Waals surface area (Å²) in [4.78, 5) is 6.51. The van der Waals surface area contributed by atoms with Gasteiger partial charge in [0.2, 0.25) is 0 Å². The van der Waals surface area contributed by atoms with E-state index in [0.29, 0.717) is 25.3 Å². The molecule has 1 aromatic heterocycles. The van der Waals surface area contributed by atoms with Gasteiger partial charge in [-0.25, -0.2) is 9.37 Å². The second kappa shape index (κ2) is 8.07. The van der Waals surface area contributed by atoms with Gasteiger partial charge >= 0.3 is 0 Å². The molecule has 0 saturated heterocycles. The molecule has 4 nitrogen and oxygen atoms in total. The first-order chi connectivity index (χ1) is 10.2. The van der Waals surface area contributed by atoms with Crippen LogP contribution in [0, 0.1) is 5.82 Å². The van der Waals surface area contributed by atoms with Gasteiger partial charge in [-0.2, -0.15) is 0 Å². The van der Waals surface area contributed by atoms with Crippen LogP contribution in [0.25, 0.3) is 0 Å². The third kappa shape index (κ3) is 4.77. The number of hydrogen-bond donors (Lipinski definition) is 1. The van der Waals surface area contributed by atoms with Crippen LogP contribution in [0.1, 0.15) is 11.3 Å². The van der Waals surface area contributed by atoms with Crippen LogP contribution in [-0.4, -0.2) is 32.3 Å². The van der Waals surface area contributed by atoms with Crippen LogP contribution in [-0.2, 0) is 17.8 Å². The molecule has 0 fully saturated rings. The van der Waals surface area contributed by atoms with E-state index >= 15 is 0 Å². The van der Waals surface area contributed by atoms with Gasteiger partial charge in [0, 0.05) is 44.7 Å². The molecule has 0 bridgehead atoms. The monoisotopic (exact) mass is 309 g/mol. The molecule has 0 aliphatic heterocycles. The van der Waals surface area contributed by atoms with Gasteiger partial charge in [-0.1, -0.05) is 18.2 Å². The van der Waals surface area contributed by atoms with E-state index in [0.717, 1.165) is 17.4 Å². The number of ether oxygens (including phenoxy) is 1. The lowest BCUT2D eigenvalue weighted by atomic mass is 10.2. The normalized spacial score (nSPS) is 10.8. The molecule has 2 rings (SSSR count). The fourth-order valence-corrected chi connectivity index (χ4v) is 2.69. The minimum atomic E-state index is -0.178. The Morgan fingerprint density at radius 3 is 2.95 bits per heavy atom. The van der Waals surface area contributed by atoms with Gasteiger partial charge in [-0.3, -0.25) is 0 Å². The minimum absolute atomic E-state index is 0.178. The van der Waals surface area contributed by atoms with E-state index in [-0.39, 0.29) is 5.82 Å².